The van der Waals surface area contributed by atoms with Gasteiger partial charge in [-0.1, -0.05) is 60.1 Å². The van der Waals surface area contributed by atoms with E-state index in [9.17, 15) is 14.7 Å². The van der Waals surface area contributed by atoms with Gasteiger partial charge in [-0.15, -0.1) is 0 Å². The van der Waals surface area contributed by atoms with Gasteiger partial charge in [0, 0.05) is 29.5 Å². The van der Waals surface area contributed by atoms with E-state index in [2.05, 4.69) is 4.98 Å². The number of carbonyl (C=O) groups is 2. The molecule has 0 aliphatic carbocycles. The van der Waals surface area contributed by atoms with Crippen LogP contribution in [0.4, 0.5) is 0 Å². The van der Waals surface area contributed by atoms with E-state index in [4.69, 9.17) is 16.3 Å². The lowest BCUT2D eigenvalue weighted by atomic mass is 9.94. The van der Waals surface area contributed by atoms with E-state index in [1.54, 1.807) is 60.9 Å². The normalized spacial score (nSPS) is 16.6. The molecule has 190 valence electrons. The predicted octanol–water partition coefficient (Wildman–Crippen LogP) is 6.24. The average molecular weight is 525 g/mol. The van der Waals surface area contributed by atoms with Crippen molar-refractivity contribution in [2.45, 2.75) is 26.1 Å². The maximum absolute atomic E-state index is 13.3. The van der Waals surface area contributed by atoms with Crippen LogP contribution in [-0.2, 0) is 22.7 Å². The molecule has 0 unspecified atom stereocenters. The molecule has 4 aromatic rings. The first-order valence-electron chi connectivity index (χ1n) is 12.1. The van der Waals surface area contributed by atoms with E-state index in [1.165, 1.54) is 4.90 Å². The van der Waals surface area contributed by atoms with Crippen molar-refractivity contribution >= 4 is 29.1 Å². The molecule has 2 heterocycles. The summed E-state index contributed by atoms with van der Waals surface area (Å²) in [6.07, 6.45) is 3.29. The fourth-order valence-electron chi connectivity index (χ4n) is 4.60. The molecule has 6 nitrogen and oxygen atoms in total. The van der Waals surface area contributed by atoms with Crippen LogP contribution in [-0.4, -0.2) is 26.7 Å². The second-order valence-corrected chi connectivity index (χ2v) is 9.53. The molecule has 0 spiro atoms. The molecule has 1 atom stereocenters. The predicted molar refractivity (Wildman–Crippen MR) is 145 cm³/mol. The Balaban J connectivity index is 1.52. The van der Waals surface area contributed by atoms with Crippen molar-refractivity contribution in [3.63, 3.8) is 0 Å². The van der Waals surface area contributed by atoms with Crippen molar-refractivity contribution in [1.82, 2.24) is 9.88 Å². The number of nitrogens with zero attached hydrogens (tertiary/aromatic N) is 2. The minimum absolute atomic E-state index is 0.0299. The van der Waals surface area contributed by atoms with E-state index in [0.717, 1.165) is 11.1 Å². The maximum Gasteiger partial charge on any atom is 0.295 e. The van der Waals surface area contributed by atoms with Gasteiger partial charge in [-0.25, -0.2) is 0 Å². The quantitative estimate of drug-likeness (QED) is 0.176. The summed E-state index contributed by atoms with van der Waals surface area (Å²) in [7, 11) is 0. The molecule has 1 N–H and O–H groups in total. The average Bonchev–Trinajstić information content (AvgIpc) is 3.18. The zero-order valence-corrected chi connectivity index (χ0v) is 21.4. The first-order chi connectivity index (χ1) is 18.4. The van der Waals surface area contributed by atoms with E-state index in [0.29, 0.717) is 34.1 Å². The number of hydrogen-bond donors (Lipinski definition) is 1. The number of pyridine rings is 1. The molecule has 0 radical (unpaired) electrons. The number of rotatable bonds is 7. The van der Waals surface area contributed by atoms with Gasteiger partial charge in [-0.3, -0.25) is 14.6 Å². The smallest absolute Gasteiger partial charge is 0.295 e. The Morgan fingerprint density at radius 2 is 1.71 bits per heavy atom. The number of hydrogen-bond acceptors (Lipinski definition) is 5. The summed E-state index contributed by atoms with van der Waals surface area (Å²) in [5, 5.41) is 12.0. The summed E-state index contributed by atoms with van der Waals surface area (Å²) < 4.78 is 5.91. The number of aliphatic hydroxyl groups excluding tert-OH is 1. The fourth-order valence-corrected chi connectivity index (χ4v) is 4.73. The number of halogens is 1. The summed E-state index contributed by atoms with van der Waals surface area (Å²) in [4.78, 5) is 32.1. The summed E-state index contributed by atoms with van der Waals surface area (Å²) in [6, 6.07) is 24.8. The Bertz CT molecular complexity index is 1500. The number of aliphatic hydroxyl groups is 1. The van der Waals surface area contributed by atoms with Crippen LogP contribution in [0.5, 0.6) is 5.75 Å². The molecule has 1 aliphatic heterocycles. The second kappa shape index (κ2) is 10.9. The van der Waals surface area contributed by atoms with Gasteiger partial charge < -0.3 is 14.7 Å². The van der Waals surface area contributed by atoms with Gasteiger partial charge in [0.2, 0.25) is 0 Å². The number of aromatic nitrogens is 1. The summed E-state index contributed by atoms with van der Waals surface area (Å²) in [6.45, 7) is 2.39. The highest BCUT2D eigenvalue weighted by Gasteiger charge is 2.46. The Morgan fingerprint density at radius 1 is 0.974 bits per heavy atom. The number of ketones is 1. The van der Waals surface area contributed by atoms with E-state index in [1.807, 2.05) is 43.3 Å². The number of amides is 1. The largest absolute Gasteiger partial charge is 0.507 e. The zero-order chi connectivity index (χ0) is 26.6. The third-order valence-electron chi connectivity index (χ3n) is 6.50. The van der Waals surface area contributed by atoms with Crippen LogP contribution in [0.1, 0.15) is 33.9 Å². The maximum atomic E-state index is 13.3. The highest BCUT2D eigenvalue weighted by atomic mass is 35.5. The van der Waals surface area contributed by atoms with Crippen LogP contribution in [0, 0.1) is 6.92 Å². The Morgan fingerprint density at radius 3 is 2.39 bits per heavy atom. The molecule has 0 bridgehead atoms. The SMILES string of the molecule is Cc1cc(OCc2ccccc2)ccc1/C(O)=C1\C(=O)C(=O)N(Cc2cccnc2)[C@@H]1c1ccc(Cl)cc1. The van der Waals surface area contributed by atoms with Crippen LogP contribution < -0.4 is 4.74 Å². The van der Waals surface area contributed by atoms with E-state index >= 15 is 0 Å². The third kappa shape index (κ3) is 5.17. The molecule has 1 aliphatic rings. The molecule has 5 rings (SSSR count). The first-order valence-corrected chi connectivity index (χ1v) is 12.5. The van der Waals surface area contributed by atoms with Gasteiger partial charge in [0.05, 0.1) is 11.6 Å². The van der Waals surface area contributed by atoms with Crippen molar-refractivity contribution in [1.29, 1.82) is 0 Å². The van der Waals surface area contributed by atoms with Gasteiger partial charge in [-0.05, 0) is 65.6 Å². The number of likely N-dealkylation sites (tertiary alicyclic amines) is 1. The third-order valence-corrected chi connectivity index (χ3v) is 6.75. The van der Waals surface area contributed by atoms with Crippen molar-refractivity contribution in [2.24, 2.45) is 0 Å². The molecule has 1 fully saturated rings. The zero-order valence-electron chi connectivity index (χ0n) is 20.7. The molecule has 1 saturated heterocycles. The Labute approximate surface area is 225 Å². The first kappa shape index (κ1) is 25.2. The van der Waals surface area contributed by atoms with Crippen LogP contribution in [0.25, 0.3) is 5.76 Å². The molecule has 7 heteroatoms. The number of ether oxygens (including phenoxy) is 1. The highest BCUT2D eigenvalue weighted by Crippen LogP contribution is 2.41. The minimum atomic E-state index is -0.791. The molecular weight excluding hydrogens is 500 g/mol. The van der Waals surface area contributed by atoms with Crippen molar-refractivity contribution < 1.29 is 19.4 Å². The summed E-state index contributed by atoms with van der Waals surface area (Å²) >= 11 is 6.11. The number of Topliss-reactive ketones (excluding diaryl/α,β-unsaturated/α-hetero) is 1. The Kier molecular flexibility index (Phi) is 7.24. The molecule has 1 aromatic heterocycles. The summed E-state index contributed by atoms with van der Waals surface area (Å²) in [5.74, 6) is -1.02. The van der Waals surface area contributed by atoms with Crippen molar-refractivity contribution in [2.75, 3.05) is 0 Å². The van der Waals surface area contributed by atoms with Gasteiger partial charge >= 0.3 is 0 Å². The van der Waals surface area contributed by atoms with Gasteiger partial charge in [0.1, 0.15) is 18.1 Å². The molecule has 38 heavy (non-hydrogen) atoms. The van der Waals surface area contributed by atoms with Gasteiger partial charge in [-0.2, -0.15) is 0 Å². The number of carbonyl (C=O) groups excluding carboxylic acids is 2. The molecule has 3 aromatic carbocycles. The molecule has 1 amide bonds. The van der Waals surface area contributed by atoms with E-state index in [-0.39, 0.29) is 17.9 Å². The lowest BCUT2D eigenvalue weighted by Gasteiger charge is -2.25. The van der Waals surface area contributed by atoms with Crippen LogP contribution in [0.2, 0.25) is 5.02 Å². The topological polar surface area (TPSA) is 79.7 Å². The van der Waals surface area contributed by atoms with Crippen LogP contribution >= 0.6 is 11.6 Å². The lowest BCUT2D eigenvalue weighted by molar-refractivity contribution is -0.140. The van der Waals surface area contributed by atoms with Gasteiger partial charge in [0.15, 0.2) is 0 Å². The lowest BCUT2D eigenvalue weighted by Crippen LogP contribution is -2.29. The van der Waals surface area contributed by atoms with Crippen LogP contribution in [0.15, 0.2) is 103 Å². The van der Waals surface area contributed by atoms with Crippen molar-refractivity contribution in [3.8, 4) is 5.75 Å². The standard InChI is InChI=1S/C31H25ClN2O4/c1-20-16-25(38-19-21-6-3-2-4-7-21)13-14-26(20)29(35)27-28(23-9-11-24(32)12-10-23)34(31(37)30(27)36)18-22-8-5-15-33-17-22/h2-17,28,35H,18-19H2,1H3/b29-27+/t28-/m1/s1. The monoisotopic (exact) mass is 524 g/mol. The van der Waals surface area contributed by atoms with E-state index < -0.39 is 17.7 Å². The Hall–Kier alpha value is -4.42. The van der Waals surface area contributed by atoms with Gasteiger partial charge in [0.25, 0.3) is 11.7 Å². The molecular formula is C31H25ClN2O4. The highest BCUT2D eigenvalue weighted by molar-refractivity contribution is 6.46. The number of aryl methyl sites for hydroxylation is 1. The second-order valence-electron chi connectivity index (χ2n) is 9.09. The number of benzene rings is 3. The van der Waals surface area contributed by atoms with Crippen LogP contribution in [0.3, 0.4) is 0 Å². The fraction of sp³-hybridized carbons (Fsp3) is 0.129. The summed E-state index contributed by atoms with van der Waals surface area (Å²) in [5.41, 5.74) is 3.66. The molecule has 0 saturated carbocycles. The minimum Gasteiger partial charge on any atom is -0.507 e. The van der Waals surface area contributed by atoms with Crippen molar-refractivity contribution in [3.05, 3.63) is 136 Å².